The number of para-hydroxylation sites is 2. The van der Waals surface area contributed by atoms with E-state index in [9.17, 15) is 0 Å². The molecule has 0 bridgehead atoms. The van der Waals surface area contributed by atoms with Crippen LogP contribution in [0.4, 0.5) is 0 Å². The van der Waals surface area contributed by atoms with E-state index < -0.39 is 0 Å². The molecular weight excluding hydrogens is 1020 g/mol. The number of nitrogens with one attached hydrogen (secondary N) is 2. The molecule has 2 N–H and O–H groups in total. The van der Waals surface area contributed by atoms with Crippen molar-refractivity contribution in [1.82, 2.24) is 91.1 Å². The topological polar surface area (TPSA) is 238 Å². The van der Waals surface area contributed by atoms with Crippen molar-refractivity contribution in [2.24, 2.45) is 0 Å². The molecule has 0 atom stereocenters. The Morgan fingerprint density at radius 2 is 0.598 bits per heavy atom. The molecule has 3 aromatic carbocycles. The predicted molar refractivity (Wildman–Crippen MR) is 353 cm³/mol. The van der Waals surface area contributed by atoms with Crippen molar-refractivity contribution < 1.29 is 0 Å². The molecule has 0 spiro atoms. The maximum absolute atomic E-state index is 4.12. The van der Waals surface area contributed by atoms with Crippen LogP contribution in [0.15, 0.2) is 172 Å². The molecule has 0 aliphatic rings. The number of aromatic nitrogens is 18. The van der Waals surface area contributed by atoms with Crippen LogP contribution in [0.3, 0.4) is 0 Å². The highest BCUT2D eigenvalue weighted by Crippen LogP contribution is 2.09. The standard InChI is InChI=1S/4C8H6N2.2C4H3N5.12C2H6/c1-3-7-4-2-6-10-8(7)9-5-1;1-2-4-8-6-10-9-5-7(8)3-1;1-2-4-8-7(3-1)9-5-6-10-8;1-2-4-8-7(3-1)5-6-9-10-8;2*1-3-4(6-2-5-1)8-9-7-3;12*1-2/h4*1-6H;2*1-2H,(H,5,6,7,8,9);12*1-2H3. The SMILES string of the molecule is CC.CC.CC.CC.CC.CC.CC.CC.CC.CC.CC.CC.c1ccc2cnncc2c1.c1ccc2nccnc2c1.c1ccc2nnccc2c1.c1cnc2ncccc2c1.c1ncc2n[nH]nc2n1.c1ncc2n[nH]nc2n1. The van der Waals surface area contributed by atoms with Gasteiger partial charge in [0.25, 0.3) is 0 Å². The van der Waals surface area contributed by atoms with Crippen LogP contribution in [0, 0.1) is 0 Å². The predicted octanol–water partition coefficient (Wildman–Crippen LogP) is 18.3. The summed E-state index contributed by atoms with van der Waals surface area (Å²) in [4.78, 5) is 31.5. The number of aromatic amines is 2. The number of fused-ring (bicyclic) bond motifs is 6. The average Bonchev–Trinajstić information content (AvgIpc) is 4.32. The normalized spacial score (nSPS) is 8.00. The lowest BCUT2D eigenvalue weighted by Gasteiger charge is -1.90. The van der Waals surface area contributed by atoms with E-state index in [0.717, 1.165) is 43.7 Å². The summed E-state index contributed by atoms with van der Waals surface area (Å²) in [5.41, 5.74) is 6.25. The van der Waals surface area contributed by atoms with Gasteiger partial charge in [-0.1, -0.05) is 221 Å². The summed E-state index contributed by atoms with van der Waals surface area (Å²) >= 11 is 0. The van der Waals surface area contributed by atoms with Gasteiger partial charge in [-0.25, -0.2) is 29.9 Å². The van der Waals surface area contributed by atoms with Gasteiger partial charge in [0.2, 0.25) is 11.3 Å². The number of pyridine rings is 2. The van der Waals surface area contributed by atoms with Gasteiger partial charge in [0.1, 0.15) is 23.7 Å². The van der Waals surface area contributed by atoms with Crippen LogP contribution in [0.2, 0.25) is 0 Å². The third kappa shape index (κ3) is 37.1. The molecule has 0 aliphatic carbocycles. The van der Waals surface area contributed by atoms with Crippen molar-refractivity contribution in [3.05, 3.63) is 172 Å². The Kier molecular flexibility index (Phi) is 70.4. The zero-order valence-electron chi connectivity index (χ0n) is 54.3. The summed E-state index contributed by atoms with van der Waals surface area (Å²) in [6, 6.07) is 33.5. The Hall–Kier alpha value is -8.80. The molecule has 9 aromatic heterocycles. The van der Waals surface area contributed by atoms with E-state index in [4.69, 9.17) is 0 Å². The maximum atomic E-state index is 4.12. The molecule has 0 amide bonds. The number of hydrogen-bond acceptors (Lipinski definition) is 16. The zero-order valence-corrected chi connectivity index (χ0v) is 54.3. The first-order valence-electron chi connectivity index (χ1n) is 29.4. The maximum Gasteiger partial charge on any atom is 0.204 e. The number of benzene rings is 3. The third-order valence-electron chi connectivity index (χ3n) is 7.63. The molecule has 12 rings (SSSR count). The van der Waals surface area contributed by atoms with E-state index in [2.05, 4.69) is 91.1 Å². The molecule has 0 saturated heterocycles. The molecule has 18 nitrogen and oxygen atoms in total. The second-order valence-corrected chi connectivity index (χ2v) is 11.4. The Morgan fingerprint density at radius 3 is 0.963 bits per heavy atom. The highest BCUT2D eigenvalue weighted by atomic mass is 15.3. The first kappa shape index (κ1) is 84.5. The molecule has 0 fully saturated rings. The van der Waals surface area contributed by atoms with E-state index in [1.165, 1.54) is 12.7 Å². The van der Waals surface area contributed by atoms with E-state index >= 15 is 0 Å². The summed E-state index contributed by atoms with van der Waals surface area (Å²) in [6.45, 7) is 48.0. The van der Waals surface area contributed by atoms with Gasteiger partial charge in [0.05, 0.1) is 47.5 Å². The molecule has 9 heterocycles. The Bertz CT molecular complexity index is 2420. The lowest BCUT2D eigenvalue weighted by atomic mass is 10.2. The van der Waals surface area contributed by atoms with Crippen LogP contribution in [-0.2, 0) is 0 Å². The lowest BCUT2D eigenvalue weighted by molar-refractivity contribution is 0.954. The van der Waals surface area contributed by atoms with E-state index in [0.29, 0.717) is 22.3 Å². The van der Waals surface area contributed by atoms with Gasteiger partial charge in [0, 0.05) is 46.3 Å². The summed E-state index contributed by atoms with van der Waals surface area (Å²) in [5.74, 6) is 0. The van der Waals surface area contributed by atoms with Gasteiger partial charge in [-0.2, -0.15) is 41.0 Å². The van der Waals surface area contributed by atoms with Crippen LogP contribution >= 0.6 is 0 Å². The highest BCUT2D eigenvalue weighted by molar-refractivity contribution is 5.80. The Morgan fingerprint density at radius 1 is 0.244 bits per heavy atom. The largest absolute Gasteiger partial charge is 0.253 e. The van der Waals surface area contributed by atoms with Crippen LogP contribution in [-0.4, -0.2) is 91.1 Å². The number of H-pyrrole nitrogens is 2. The molecule has 18 heteroatoms. The minimum atomic E-state index is 0.602. The van der Waals surface area contributed by atoms with Crippen molar-refractivity contribution in [2.45, 2.75) is 166 Å². The monoisotopic (exact) mass is 1120 g/mol. The number of rotatable bonds is 0. The molecule has 0 saturated carbocycles. The van der Waals surface area contributed by atoms with Gasteiger partial charge >= 0.3 is 0 Å². The van der Waals surface area contributed by atoms with Crippen LogP contribution in [0.1, 0.15) is 166 Å². The molecule has 12 aromatic rings. The summed E-state index contributed by atoms with van der Waals surface area (Å²) < 4.78 is 0. The van der Waals surface area contributed by atoms with Crippen LogP contribution < -0.4 is 0 Å². The van der Waals surface area contributed by atoms with Crippen molar-refractivity contribution in [3.8, 4) is 0 Å². The second-order valence-electron chi connectivity index (χ2n) is 11.4. The van der Waals surface area contributed by atoms with Gasteiger partial charge in [-0.15, -0.1) is 10.2 Å². The molecule has 82 heavy (non-hydrogen) atoms. The Balaban J connectivity index is -0.000000197. The van der Waals surface area contributed by atoms with Crippen molar-refractivity contribution in [1.29, 1.82) is 0 Å². The van der Waals surface area contributed by atoms with E-state index in [1.807, 2.05) is 269 Å². The van der Waals surface area contributed by atoms with Gasteiger partial charge in [0.15, 0.2) is 5.65 Å². The fraction of sp³-hybridized carbons (Fsp3) is 0.375. The first-order chi connectivity index (χ1) is 40.8. The Labute approximate surface area is 492 Å². The van der Waals surface area contributed by atoms with Crippen LogP contribution in [0.5, 0.6) is 0 Å². The molecular formula is C64H102N18. The highest BCUT2D eigenvalue weighted by Gasteiger charge is 1.95. The van der Waals surface area contributed by atoms with Crippen molar-refractivity contribution in [3.63, 3.8) is 0 Å². The lowest BCUT2D eigenvalue weighted by Crippen LogP contribution is -1.79. The summed E-state index contributed by atoms with van der Waals surface area (Å²) in [7, 11) is 0. The second kappa shape index (κ2) is 68.3. The minimum absolute atomic E-state index is 0.602. The number of nitrogens with zero attached hydrogens (tertiary/aromatic N) is 16. The van der Waals surface area contributed by atoms with Crippen LogP contribution in [0.25, 0.3) is 66.1 Å². The fourth-order valence-corrected chi connectivity index (χ4v) is 4.90. The summed E-state index contributed by atoms with van der Waals surface area (Å²) in [5, 5.41) is 39.6. The fourth-order valence-electron chi connectivity index (χ4n) is 4.90. The summed E-state index contributed by atoms with van der Waals surface area (Å²) in [6.07, 6.45) is 18.2. The van der Waals surface area contributed by atoms with Crippen molar-refractivity contribution in [2.75, 3.05) is 0 Å². The van der Waals surface area contributed by atoms with E-state index in [-0.39, 0.29) is 0 Å². The van der Waals surface area contributed by atoms with Gasteiger partial charge in [-0.05, 0) is 48.5 Å². The van der Waals surface area contributed by atoms with Crippen molar-refractivity contribution >= 4 is 66.1 Å². The average molecular weight is 1120 g/mol. The first-order valence-corrected chi connectivity index (χ1v) is 29.4. The molecule has 0 radical (unpaired) electrons. The molecule has 0 aliphatic heterocycles. The quantitative estimate of drug-likeness (QED) is 0.143. The zero-order chi connectivity index (χ0) is 63.5. The smallest absolute Gasteiger partial charge is 0.204 e. The van der Waals surface area contributed by atoms with Gasteiger partial charge in [-0.3, -0.25) is 9.97 Å². The molecule has 0 unspecified atom stereocenters. The van der Waals surface area contributed by atoms with Gasteiger partial charge < -0.3 is 0 Å². The van der Waals surface area contributed by atoms with E-state index in [1.54, 1.807) is 55.8 Å². The third-order valence-corrected chi connectivity index (χ3v) is 7.63. The minimum Gasteiger partial charge on any atom is -0.253 e. The molecule has 448 valence electrons. The number of hydrogen-bond donors (Lipinski definition) is 2.